The van der Waals surface area contributed by atoms with E-state index in [-0.39, 0.29) is 12.6 Å². The Labute approximate surface area is 77.4 Å². The lowest BCUT2D eigenvalue weighted by atomic mass is 10.2. The van der Waals surface area contributed by atoms with Crippen LogP contribution < -0.4 is 5.73 Å². The van der Waals surface area contributed by atoms with Crippen molar-refractivity contribution in [2.45, 2.75) is 24.8 Å². The third-order valence-electron chi connectivity index (χ3n) is 2.51. The average Bonchev–Trinajstić information content (AvgIpc) is 2.89. The molecule has 4 nitrogen and oxygen atoms in total. The van der Waals surface area contributed by atoms with Crippen molar-refractivity contribution in [2.75, 3.05) is 6.61 Å². The van der Waals surface area contributed by atoms with Gasteiger partial charge >= 0.3 is 0 Å². The first-order chi connectivity index (χ1) is 6.22. The Morgan fingerprint density at radius 2 is 2.46 bits per heavy atom. The molecule has 1 unspecified atom stereocenters. The number of rotatable bonds is 3. The Morgan fingerprint density at radius 1 is 1.77 bits per heavy atom. The van der Waals surface area contributed by atoms with Crippen molar-refractivity contribution in [3.05, 3.63) is 17.5 Å². The molecule has 1 aliphatic rings. The van der Waals surface area contributed by atoms with Gasteiger partial charge in [0.1, 0.15) is 0 Å². The molecule has 3 N–H and O–H groups in total. The van der Waals surface area contributed by atoms with Gasteiger partial charge in [0.15, 0.2) is 0 Å². The number of aryl methyl sites for hydroxylation is 1. The maximum Gasteiger partial charge on any atom is 0.0818 e. The highest BCUT2D eigenvalue weighted by atomic mass is 16.3. The molecule has 0 aliphatic heterocycles. The zero-order valence-corrected chi connectivity index (χ0v) is 7.77. The summed E-state index contributed by atoms with van der Waals surface area (Å²) < 4.78 is 1.88. The lowest BCUT2D eigenvalue weighted by molar-refractivity contribution is 0.265. The summed E-state index contributed by atoms with van der Waals surface area (Å²) in [6, 6.07) is 1.68. The number of nitrogens with two attached hydrogens (primary N) is 1. The van der Waals surface area contributed by atoms with Crippen molar-refractivity contribution >= 4 is 0 Å². The number of aromatic nitrogens is 2. The van der Waals surface area contributed by atoms with Crippen LogP contribution in [0.3, 0.4) is 0 Å². The van der Waals surface area contributed by atoms with E-state index in [1.165, 1.54) is 18.5 Å². The molecule has 0 aromatic carbocycles. The Balaban J connectivity index is 2.23. The molecule has 13 heavy (non-hydrogen) atoms. The highest BCUT2D eigenvalue weighted by Crippen LogP contribution is 2.40. The highest BCUT2D eigenvalue weighted by Gasteiger charge is 2.27. The van der Waals surface area contributed by atoms with Crippen molar-refractivity contribution in [1.29, 1.82) is 0 Å². The van der Waals surface area contributed by atoms with Gasteiger partial charge in [0.05, 0.1) is 18.3 Å². The van der Waals surface area contributed by atoms with E-state index in [9.17, 15) is 0 Å². The van der Waals surface area contributed by atoms with Gasteiger partial charge in [0.2, 0.25) is 0 Å². The van der Waals surface area contributed by atoms with Crippen LogP contribution in [0.1, 0.15) is 36.2 Å². The van der Waals surface area contributed by atoms with Crippen LogP contribution in [0.2, 0.25) is 0 Å². The SMILES string of the molecule is Cn1nc(C(N)CO)cc1C1CC1. The molecule has 1 atom stereocenters. The summed E-state index contributed by atoms with van der Waals surface area (Å²) >= 11 is 0. The minimum Gasteiger partial charge on any atom is -0.394 e. The molecule has 4 heteroatoms. The second-order valence-corrected chi connectivity index (χ2v) is 3.68. The first-order valence-corrected chi connectivity index (χ1v) is 4.62. The van der Waals surface area contributed by atoms with E-state index in [0.717, 1.165) is 5.69 Å². The number of hydrogen-bond acceptors (Lipinski definition) is 3. The van der Waals surface area contributed by atoms with Crippen LogP contribution in [0.5, 0.6) is 0 Å². The summed E-state index contributed by atoms with van der Waals surface area (Å²) in [5.74, 6) is 0.678. The molecule has 1 aliphatic carbocycles. The van der Waals surface area contributed by atoms with Gasteiger partial charge in [-0.25, -0.2) is 0 Å². The fourth-order valence-electron chi connectivity index (χ4n) is 1.54. The van der Waals surface area contributed by atoms with Gasteiger partial charge in [0, 0.05) is 18.7 Å². The van der Waals surface area contributed by atoms with Crippen molar-refractivity contribution in [3.8, 4) is 0 Å². The predicted octanol–water partition coefficient (Wildman–Crippen LogP) is 0.290. The zero-order chi connectivity index (χ0) is 9.42. The standard InChI is InChI=1S/C9H15N3O/c1-12-9(6-2-3-6)4-8(11-12)7(10)5-13/h4,6-7,13H,2-3,5,10H2,1H3. The van der Waals surface area contributed by atoms with E-state index < -0.39 is 0 Å². The van der Waals surface area contributed by atoms with Crippen LogP contribution in [-0.4, -0.2) is 21.5 Å². The Bertz CT molecular complexity index is 304. The first-order valence-electron chi connectivity index (χ1n) is 4.62. The molecule has 1 heterocycles. The van der Waals surface area contributed by atoms with Gasteiger partial charge in [-0.2, -0.15) is 5.10 Å². The maximum atomic E-state index is 8.87. The molecule has 1 aromatic heterocycles. The largest absolute Gasteiger partial charge is 0.394 e. The smallest absolute Gasteiger partial charge is 0.0818 e. The summed E-state index contributed by atoms with van der Waals surface area (Å²) in [6.07, 6.45) is 2.51. The molecule has 0 spiro atoms. The van der Waals surface area contributed by atoms with Gasteiger partial charge < -0.3 is 10.8 Å². The Kier molecular flexibility index (Phi) is 2.09. The molecular weight excluding hydrogens is 166 g/mol. The molecule has 0 bridgehead atoms. The number of aliphatic hydroxyl groups is 1. The normalized spacial score (nSPS) is 19.0. The molecule has 1 fully saturated rings. The summed E-state index contributed by atoms with van der Waals surface area (Å²) in [6.45, 7) is -0.0406. The molecule has 1 saturated carbocycles. The molecule has 2 rings (SSSR count). The van der Waals surface area contributed by atoms with Gasteiger partial charge in [-0.05, 0) is 18.9 Å². The van der Waals surface area contributed by atoms with Gasteiger partial charge in [-0.1, -0.05) is 0 Å². The lowest BCUT2D eigenvalue weighted by Crippen LogP contribution is -2.15. The fraction of sp³-hybridized carbons (Fsp3) is 0.667. The van der Waals surface area contributed by atoms with Gasteiger partial charge in [0.25, 0.3) is 0 Å². The van der Waals surface area contributed by atoms with Crippen LogP contribution in [0.4, 0.5) is 0 Å². The molecule has 72 valence electrons. The van der Waals surface area contributed by atoms with Crippen molar-refractivity contribution in [3.63, 3.8) is 0 Å². The molecule has 0 saturated heterocycles. The van der Waals surface area contributed by atoms with E-state index in [1.807, 2.05) is 17.8 Å². The zero-order valence-electron chi connectivity index (χ0n) is 7.77. The highest BCUT2D eigenvalue weighted by molar-refractivity contribution is 5.20. The molecular formula is C9H15N3O. The monoisotopic (exact) mass is 181 g/mol. The summed E-state index contributed by atoms with van der Waals surface area (Å²) in [7, 11) is 1.93. The first kappa shape index (κ1) is 8.72. The number of hydrogen-bond donors (Lipinski definition) is 2. The number of nitrogens with zero attached hydrogens (tertiary/aromatic N) is 2. The summed E-state index contributed by atoms with van der Waals surface area (Å²) in [5.41, 5.74) is 7.72. The van der Waals surface area contributed by atoms with Crippen molar-refractivity contribution in [1.82, 2.24) is 9.78 Å². The van der Waals surface area contributed by atoms with Crippen LogP contribution >= 0.6 is 0 Å². The van der Waals surface area contributed by atoms with E-state index in [1.54, 1.807) is 0 Å². The molecule has 0 amide bonds. The van der Waals surface area contributed by atoms with E-state index in [4.69, 9.17) is 10.8 Å². The second-order valence-electron chi connectivity index (χ2n) is 3.68. The van der Waals surface area contributed by atoms with Crippen molar-refractivity contribution < 1.29 is 5.11 Å². The summed E-state index contributed by atoms with van der Waals surface area (Å²) in [4.78, 5) is 0. The van der Waals surface area contributed by atoms with Crippen LogP contribution in [0, 0.1) is 0 Å². The minimum atomic E-state index is -0.335. The Hall–Kier alpha value is -0.870. The Morgan fingerprint density at radius 3 is 3.00 bits per heavy atom. The topological polar surface area (TPSA) is 64.1 Å². The fourth-order valence-corrected chi connectivity index (χ4v) is 1.54. The third-order valence-corrected chi connectivity index (χ3v) is 2.51. The number of aliphatic hydroxyl groups excluding tert-OH is 1. The predicted molar refractivity (Wildman–Crippen MR) is 49.2 cm³/mol. The second kappa shape index (κ2) is 3.12. The van der Waals surface area contributed by atoms with Crippen LogP contribution in [0.25, 0.3) is 0 Å². The van der Waals surface area contributed by atoms with E-state index in [0.29, 0.717) is 5.92 Å². The minimum absolute atomic E-state index is 0.0406. The third kappa shape index (κ3) is 1.59. The van der Waals surface area contributed by atoms with Crippen LogP contribution in [0.15, 0.2) is 6.07 Å². The van der Waals surface area contributed by atoms with E-state index in [2.05, 4.69) is 5.10 Å². The lowest BCUT2D eigenvalue weighted by Gasteiger charge is -2.01. The maximum absolute atomic E-state index is 8.87. The molecule has 0 radical (unpaired) electrons. The quantitative estimate of drug-likeness (QED) is 0.704. The average molecular weight is 181 g/mol. The summed E-state index contributed by atoms with van der Waals surface area (Å²) in [5, 5.41) is 13.1. The van der Waals surface area contributed by atoms with Crippen LogP contribution in [-0.2, 0) is 7.05 Å². The van der Waals surface area contributed by atoms with Crippen molar-refractivity contribution in [2.24, 2.45) is 12.8 Å². The van der Waals surface area contributed by atoms with Gasteiger partial charge in [-0.3, -0.25) is 4.68 Å². The molecule has 1 aromatic rings. The van der Waals surface area contributed by atoms with Gasteiger partial charge in [-0.15, -0.1) is 0 Å². The van der Waals surface area contributed by atoms with E-state index >= 15 is 0 Å².